The van der Waals surface area contributed by atoms with Crippen molar-refractivity contribution < 1.29 is 14.2 Å². The molecule has 0 aromatic heterocycles. The van der Waals surface area contributed by atoms with Gasteiger partial charge in [0.15, 0.2) is 0 Å². The quantitative estimate of drug-likeness (QED) is 0.461. The summed E-state index contributed by atoms with van der Waals surface area (Å²) in [6, 6.07) is 18.9. The summed E-state index contributed by atoms with van der Waals surface area (Å²) in [5.74, 6) is 1.55. The van der Waals surface area contributed by atoms with Crippen LogP contribution < -0.4 is 4.74 Å². The summed E-state index contributed by atoms with van der Waals surface area (Å²) in [4.78, 5) is 0. The summed E-state index contributed by atoms with van der Waals surface area (Å²) >= 11 is 0. The molecule has 3 atom stereocenters. The van der Waals surface area contributed by atoms with E-state index in [1.165, 1.54) is 11.1 Å². The van der Waals surface area contributed by atoms with E-state index < -0.39 is 0 Å². The molecule has 0 aliphatic carbocycles. The summed E-state index contributed by atoms with van der Waals surface area (Å²) in [5, 5.41) is 0. The van der Waals surface area contributed by atoms with Gasteiger partial charge in [-0.3, -0.25) is 0 Å². The molecule has 0 spiro atoms. The molecule has 1 saturated heterocycles. The monoisotopic (exact) mass is 382 g/mol. The normalized spacial score (nSPS) is 18.7. The van der Waals surface area contributed by atoms with Crippen LogP contribution >= 0.6 is 0 Å². The van der Waals surface area contributed by atoms with E-state index in [0.29, 0.717) is 12.5 Å². The van der Waals surface area contributed by atoms with Gasteiger partial charge in [0.2, 0.25) is 6.29 Å². The lowest BCUT2D eigenvalue weighted by Crippen LogP contribution is -2.47. The molecule has 0 radical (unpaired) electrons. The largest absolute Gasteiger partial charge is 0.464 e. The van der Waals surface area contributed by atoms with Gasteiger partial charge in [-0.15, -0.1) is 0 Å². The third-order valence-corrected chi connectivity index (χ3v) is 6.17. The van der Waals surface area contributed by atoms with Gasteiger partial charge in [-0.05, 0) is 42.0 Å². The molecule has 3 unspecified atom stereocenters. The zero-order valence-electron chi connectivity index (χ0n) is 17.7. The number of hydrogen-bond donors (Lipinski definition) is 0. The van der Waals surface area contributed by atoms with Crippen LogP contribution in [0.5, 0.6) is 5.75 Å². The summed E-state index contributed by atoms with van der Waals surface area (Å²) in [5.41, 5.74) is 2.71. The topological polar surface area (TPSA) is 27.7 Å². The molecular weight excluding hydrogens is 348 g/mol. The van der Waals surface area contributed by atoms with Gasteiger partial charge in [-0.1, -0.05) is 70.2 Å². The molecule has 0 N–H and O–H groups in total. The van der Waals surface area contributed by atoms with Crippen molar-refractivity contribution in [2.24, 2.45) is 5.41 Å². The van der Waals surface area contributed by atoms with E-state index in [1.807, 2.05) is 6.07 Å². The van der Waals surface area contributed by atoms with Gasteiger partial charge in [0.1, 0.15) is 5.75 Å². The third-order valence-electron chi connectivity index (χ3n) is 6.17. The predicted molar refractivity (Wildman–Crippen MR) is 114 cm³/mol. The molecule has 2 aromatic carbocycles. The van der Waals surface area contributed by atoms with Gasteiger partial charge in [-0.25, -0.2) is 0 Å². The van der Waals surface area contributed by atoms with Gasteiger partial charge in [0.25, 0.3) is 0 Å². The first kappa shape index (κ1) is 20.9. The Balaban J connectivity index is 1.73. The second-order valence-electron chi connectivity index (χ2n) is 8.22. The molecule has 0 bridgehead atoms. The second-order valence-corrected chi connectivity index (χ2v) is 8.22. The van der Waals surface area contributed by atoms with Crippen LogP contribution in [0.15, 0.2) is 54.6 Å². The molecule has 0 saturated carbocycles. The van der Waals surface area contributed by atoms with Crippen molar-refractivity contribution in [3.8, 4) is 5.75 Å². The minimum absolute atomic E-state index is 0.130. The molecule has 3 rings (SSSR count). The van der Waals surface area contributed by atoms with Gasteiger partial charge >= 0.3 is 0 Å². The Bertz CT molecular complexity index is 701. The lowest BCUT2D eigenvalue weighted by atomic mass is 9.84. The minimum Gasteiger partial charge on any atom is -0.464 e. The highest BCUT2D eigenvalue weighted by Gasteiger charge is 2.38. The molecule has 1 aliphatic rings. The molecule has 3 heteroatoms. The van der Waals surface area contributed by atoms with E-state index >= 15 is 0 Å². The standard InChI is InChI=1S/C25H34O3/c1-5-19(3)21-12-14-23(15-13-21)28-24(20(4)22-10-8-7-9-11-22)27-18-25(6-2)16-26-17-25/h7-15,19-20,24H,5-6,16-18H2,1-4H3. The van der Waals surface area contributed by atoms with Crippen molar-refractivity contribution in [1.82, 2.24) is 0 Å². The van der Waals surface area contributed by atoms with Crippen molar-refractivity contribution in [1.29, 1.82) is 0 Å². The molecule has 28 heavy (non-hydrogen) atoms. The van der Waals surface area contributed by atoms with Crippen LogP contribution in [0.25, 0.3) is 0 Å². The maximum Gasteiger partial charge on any atom is 0.206 e. The molecule has 1 aliphatic heterocycles. The van der Waals surface area contributed by atoms with Crippen LogP contribution in [0.3, 0.4) is 0 Å². The summed E-state index contributed by atoms with van der Waals surface area (Å²) in [6.45, 7) is 11.1. The summed E-state index contributed by atoms with van der Waals surface area (Å²) in [6.07, 6.45) is 1.86. The smallest absolute Gasteiger partial charge is 0.206 e. The highest BCUT2D eigenvalue weighted by Crippen LogP contribution is 2.34. The highest BCUT2D eigenvalue weighted by atomic mass is 16.7. The van der Waals surface area contributed by atoms with Crippen LogP contribution in [0.4, 0.5) is 0 Å². The van der Waals surface area contributed by atoms with E-state index in [2.05, 4.69) is 76.2 Å². The zero-order chi connectivity index (χ0) is 20.0. The molecule has 3 nitrogen and oxygen atoms in total. The molecule has 1 heterocycles. The maximum atomic E-state index is 6.36. The average molecular weight is 383 g/mol. The highest BCUT2D eigenvalue weighted by molar-refractivity contribution is 5.29. The van der Waals surface area contributed by atoms with Crippen molar-refractivity contribution >= 4 is 0 Å². The van der Waals surface area contributed by atoms with E-state index in [0.717, 1.165) is 31.8 Å². The molecule has 1 fully saturated rings. The Hall–Kier alpha value is -1.84. The first-order valence-corrected chi connectivity index (χ1v) is 10.6. The van der Waals surface area contributed by atoms with Gasteiger partial charge in [0.05, 0.1) is 19.8 Å². The van der Waals surface area contributed by atoms with Gasteiger partial charge in [0, 0.05) is 11.3 Å². The second kappa shape index (κ2) is 9.58. The Morgan fingerprint density at radius 1 is 0.929 bits per heavy atom. The number of benzene rings is 2. The molecular formula is C25H34O3. The van der Waals surface area contributed by atoms with Crippen molar-refractivity contribution in [2.45, 2.75) is 58.7 Å². The van der Waals surface area contributed by atoms with Crippen molar-refractivity contribution in [2.75, 3.05) is 19.8 Å². The van der Waals surface area contributed by atoms with Crippen LogP contribution in [-0.2, 0) is 9.47 Å². The lowest BCUT2D eigenvalue weighted by Gasteiger charge is -2.41. The fourth-order valence-electron chi connectivity index (χ4n) is 3.48. The van der Waals surface area contributed by atoms with E-state index in [1.54, 1.807) is 0 Å². The summed E-state index contributed by atoms with van der Waals surface area (Å²) < 4.78 is 18.2. The predicted octanol–water partition coefficient (Wildman–Crippen LogP) is 6.15. The Morgan fingerprint density at radius 2 is 1.61 bits per heavy atom. The van der Waals surface area contributed by atoms with E-state index in [-0.39, 0.29) is 17.6 Å². The molecule has 0 amide bonds. The Labute approximate surface area is 170 Å². The fourth-order valence-corrected chi connectivity index (χ4v) is 3.48. The zero-order valence-corrected chi connectivity index (χ0v) is 17.7. The average Bonchev–Trinajstić information content (AvgIpc) is 2.72. The van der Waals surface area contributed by atoms with Gasteiger partial charge in [-0.2, -0.15) is 0 Å². The third kappa shape index (κ3) is 4.95. The Morgan fingerprint density at radius 3 is 2.14 bits per heavy atom. The Kier molecular flexibility index (Phi) is 7.14. The van der Waals surface area contributed by atoms with Crippen LogP contribution in [0.1, 0.15) is 63.5 Å². The SMILES string of the molecule is CCC(C)c1ccc(OC(OCC2(CC)COC2)C(C)c2ccccc2)cc1. The number of hydrogen-bond acceptors (Lipinski definition) is 3. The van der Waals surface area contributed by atoms with E-state index in [9.17, 15) is 0 Å². The molecule has 152 valence electrons. The van der Waals surface area contributed by atoms with Crippen LogP contribution in [0, 0.1) is 5.41 Å². The fraction of sp³-hybridized carbons (Fsp3) is 0.520. The number of ether oxygens (including phenoxy) is 3. The first-order chi connectivity index (χ1) is 13.6. The van der Waals surface area contributed by atoms with Crippen molar-refractivity contribution in [3.05, 3.63) is 65.7 Å². The van der Waals surface area contributed by atoms with Crippen molar-refractivity contribution in [3.63, 3.8) is 0 Å². The summed E-state index contributed by atoms with van der Waals surface area (Å²) in [7, 11) is 0. The van der Waals surface area contributed by atoms with Gasteiger partial charge < -0.3 is 14.2 Å². The number of rotatable bonds is 10. The maximum absolute atomic E-state index is 6.36. The lowest BCUT2D eigenvalue weighted by molar-refractivity contribution is -0.190. The molecule has 2 aromatic rings. The first-order valence-electron chi connectivity index (χ1n) is 10.6. The van der Waals surface area contributed by atoms with Crippen LogP contribution in [-0.4, -0.2) is 26.1 Å². The van der Waals surface area contributed by atoms with E-state index in [4.69, 9.17) is 14.2 Å². The minimum atomic E-state index is -0.333. The van der Waals surface area contributed by atoms with Crippen LogP contribution in [0.2, 0.25) is 0 Å².